The fraction of sp³-hybridized carbons (Fsp3) is 0.231. The van der Waals surface area contributed by atoms with Gasteiger partial charge in [-0.25, -0.2) is 4.85 Å². The van der Waals surface area contributed by atoms with Crippen LogP contribution in [0.5, 0.6) is 11.5 Å². The second kappa shape index (κ2) is 6.30. The molecule has 0 aliphatic carbocycles. The predicted octanol–water partition coefficient (Wildman–Crippen LogP) is 2.14. The summed E-state index contributed by atoms with van der Waals surface area (Å²) in [5.74, 6) is 0.442. The lowest BCUT2D eigenvalue weighted by Crippen LogP contribution is -2.01. The Labute approximate surface area is 105 Å². The van der Waals surface area contributed by atoms with Crippen LogP contribution in [-0.2, 0) is 9.53 Å². The van der Waals surface area contributed by atoms with Crippen LogP contribution < -0.4 is 9.47 Å². The molecule has 0 heterocycles. The van der Waals surface area contributed by atoms with Gasteiger partial charge in [-0.3, -0.25) is 4.79 Å². The van der Waals surface area contributed by atoms with Crippen molar-refractivity contribution >= 4 is 12.0 Å². The average Bonchev–Trinajstić information content (AvgIpc) is 2.43. The molecular weight excluding hydrogens is 234 g/mol. The van der Waals surface area contributed by atoms with E-state index in [2.05, 4.69) is 9.58 Å². The summed E-state index contributed by atoms with van der Waals surface area (Å²) >= 11 is 0. The lowest BCUT2D eigenvalue weighted by atomic mass is 10.1. The molecule has 0 N–H and O–H groups in total. The molecule has 0 saturated carbocycles. The Morgan fingerprint density at radius 3 is 2.39 bits per heavy atom. The normalized spacial score (nSPS) is 10.4. The molecule has 1 aromatic carbocycles. The Balaban J connectivity index is 3.15. The molecule has 0 bridgehead atoms. The van der Waals surface area contributed by atoms with Crippen molar-refractivity contribution in [3.63, 3.8) is 0 Å². The molecule has 1 rings (SSSR count). The van der Waals surface area contributed by atoms with Gasteiger partial charge in [0.2, 0.25) is 0 Å². The van der Waals surface area contributed by atoms with Gasteiger partial charge in [0.1, 0.15) is 0 Å². The number of esters is 1. The maximum absolute atomic E-state index is 11.3. The molecule has 94 valence electrons. The molecule has 18 heavy (non-hydrogen) atoms. The van der Waals surface area contributed by atoms with Gasteiger partial charge >= 0.3 is 5.97 Å². The largest absolute Gasteiger partial charge is 0.493 e. The lowest BCUT2D eigenvalue weighted by molar-refractivity contribution is -0.135. The van der Waals surface area contributed by atoms with Crippen LogP contribution in [0.3, 0.4) is 0 Å². The van der Waals surface area contributed by atoms with Crippen molar-refractivity contribution in [3.05, 3.63) is 40.9 Å². The summed E-state index contributed by atoms with van der Waals surface area (Å²) in [6.07, 6.45) is 1.43. The molecule has 0 spiro atoms. The fourth-order valence-corrected chi connectivity index (χ4v) is 1.34. The van der Waals surface area contributed by atoms with Crippen LogP contribution in [0.25, 0.3) is 10.9 Å². The molecule has 5 nitrogen and oxygen atoms in total. The van der Waals surface area contributed by atoms with E-state index in [0.717, 1.165) is 0 Å². The quantitative estimate of drug-likeness (QED) is 0.464. The van der Waals surface area contributed by atoms with Gasteiger partial charge in [-0.05, 0) is 23.8 Å². The number of ether oxygens (including phenoxy) is 3. The van der Waals surface area contributed by atoms with Gasteiger partial charge in [-0.15, -0.1) is 0 Å². The van der Waals surface area contributed by atoms with E-state index >= 15 is 0 Å². The van der Waals surface area contributed by atoms with E-state index in [9.17, 15) is 4.79 Å². The summed E-state index contributed by atoms with van der Waals surface area (Å²) in [4.78, 5) is 14.4. The highest BCUT2D eigenvalue weighted by atomic mass is 16.5. The topological polar surface area (TPSA) is 49.1 Å². The van der Waals surface area contributed by atoms with Crippen molar-refractivity contribution in [3.8, 4) is 11.5 Å². The Hall–Kier alpha value is -2.48. The first-order chi connectivity index (χ1) is 8.65. The third kappa shape index (κ3) is 3.01. The summed E-state index contributed by atoms with van der Waals surface area (Å²) in [5, 5.41) is 0. The molecule has 0 saturated heterocycles. The highest BCUT2D eigenvalue weighted by Gasteiger charge is 2.10. The highest BCUT2D eigenvalue weighted by Crippen LogP contribution is 2.28. The standard InChI is InChI=1S/C13H13NO4/c1-14-10(13(15)18-4)7-9-5-6-11(16-2)12(8-9)17-3/h5-8H,2-4H3/b10-7-. The second-order valence-corrected chi connectivity index (χ2v) is 3.25. The fourth-order valence-electron chi connectivity index (χ4n) is 1.34. The van der Waals surface area contributed by atoms with Crippen molar-refractivity contribution in [2.45, 2.75) is 0 Å². The first kappa shape index (κ1) is 13.6. The van der Waals surface area contributed by atoms with Crippen molar-refractivity contribution in [2.75, 3.05) is 21.3 Å². The molecule has 5 heteroatoms. The zero-order valence-corrected chi connectivity index (χ0v) is 10.4. The van der Waals surface area contributed by atoms with Crippen LogP contribution in [0.1, 0.15) is 5.56 Å². The Morgan fingerprint density at radius 1 is 1.22 bits per heavy atom. The summed E-state index contributed by atoms with van der Waals surface area (Å²) < 4.78 is 14.7. The summed E-state index contributed by atoms with van der Waals surface area (Å²) in [6, 6.07) is 5.09. The maximum atomic E-state index is 11.3. The second-order valence-electron chi connectivity index (χ2n) is 3.25. The Kier molecular flexibility index (Phi) is 4.76. The zero-order chi connectivity index (χ0) is 13.5. The minimum atomic E-state index is -0.667. The molecule has 0 aliphatic heterocycles. The van der Waals surface area contributed by atoms with Crippen molar-refractivity contribution in [2.24, 2.45) is 0 Å². The molecule has 0 amide bonds. The van der Waals surface area contributed by atoms with Crippen LogP contribution in [0, 0.1) is 6.57 Å². The molecular formula is C13H13NO4. The Bertz CT molecular complexity index is 514. The van der Waals surface area contributed by atoms with Crippen molar-refractivity contribution in [1.82, 2.24) is 0 Å². The van der Waals surface area contributed by atoms with E-state index in [0.29, 0.717) is 17.1 Å². The van der Waals surface area contributed by atoms with Gasteiger partial charge in [0.15, 0.2) is 11.5 Å². The van der Waals surface area contributed by atoms with Gasteiger partial charge in [-0.1, -0.05) is 6.07 Å². The Morgan fingerprint density at radius 2 is 1.89 bits per heavy atom. The van der Waals surface area contributed by atoms with E-state index in [1.807, 2.05) is 0 Å². The molecule has 0 atom stereocenters. The zero-order valence-electron chi connectivity index (χ0n) is 10.4. The SMILES string of the molecule is [C-]#[N+]/C(=C\c1ccc(OC)c(OC)c1)C(=O)OC. The van der Waals surface area contributed by atoms with Crippen LogP contribution >= 0.6 is 0 Å². The summed E-state index contributed by atoms with van der Waals surface area (Å²) in [7, 11) is 4.28. The van der Waals surface area contributed by atoms with Crippen molar-refractivity contribution < 1.29 is 19.0 Å². The number of hydrogen-bond acceptors (Lipinski definition) is 4. The number of methoxy groups -OCH3 is 3. The number of nitrogens with zero attached hydrogens (tertiary/aromatic N) is 1. The van der Waals surface area contributed by atoms with Crippen LogP contribution in [0.15, 0.2) is 23.9 Å². The smallest absolute Gasteiger partial charge is 0.336 e. The average molecular weight is 247 g/mol. The maximum Gasteiger partial charge on any atom is 0.336 e. The number of carbonyl (C=O) groups is 1. The number of hydrogen-bond donors (Lipinski definition) is 0. The molecule has 0 aliphatic rings. The van der Waals surface area contributed by atoms with Crippen LogP contribution in [0.4, 0.5) is 0 Å². The summed E-state index contributed by atoms with van der Waals surface area (Å²) in [6.45, 7) is 6.92. The summed E-state index contributed by atoms with van der Waals surface area (Å²) in [5.41, 5.74) is 0.564. The number of carbonyl (C=O) groups excluding carboxylic acids is 1. The number of benzene rings is 1. The third-order valence-corrected chi connectivity index (χ3v) is 2.23. The first-order valence-corrected chi connectivity index (χ1v) is 5.05. The van der Waals surface area contributed by atoms with Gasteiger partial charge in [-0.2, -0.15) is 0 Å². The molecule has 1 aromatic rings. The van der Waals surface area contributed by atoms with Gasteiger partial charge < -0.3 is 14.2 Å². The van der Waals surface area contributed by atoms with Gasteiger partial charge in [0.05, 0.1) is 27.9 Å². The predicted molar refractivity (Wildman–Crippen MR) is 66.1 cm³/mol. The molecule has 0 radical (unpaired) electrons. The number of rotatable bonds is 4. The lowest BCUT2D eigenvalue weighted by Gasteiger charge is -2.07. The molecule has 0 aromatic heterocycles. The van der Waals surface area contributed by atoms with Crippen LogP contribution in [-0.4, -0.2) is 27.3 Å². The monoisotopic (exact) mass is 247 g/mol. The van der Waals surface area contributed by atoms with Crippen LogP contribution in [0.2, 0.25) is 0 Å². The minimum absolute atomic E-state index is 0.0929. The van der Waals surface area contributed by atoms with E-state index < -0.39 is 5.97 Å². The highest BCUT2D eigenvalue weighted by molar-refractivity contribution is 5.95. The van der Waals surface area contributed by atoms with E-state index in [1.165, 1.54) is 27.4 Å². The van der Waals surface area contributed by atoms with Gasteiger partial charge in [0, 0.05) is 0 Å². The van der Waals surface area contributed by atoms with Gasteiger partial charge in [0.25, 0.3) is 5.70 Å². The minimum Gasteiger partial charge on any atom is -0.493 e. The van der Waals surface area contributed by atoms with E-state index in [4.69, 9.17) is 16.0 Å². The third-order valence-electron chi connectivity index (χ3n) is 2.23. The first-order valence-electron chi connectivity index (χ1n) is 5.05. The molecule has 0 fully saturated rings. The molecule has 0 unspecified atom stereocenters. The van der Waals surface area contributed by atoms with Crippen molar-refractivity contribution in [1.29, 1.82) is 0 Å². The van der Waals surface area contributed by atoms with E-state index in [1.54, 1.807) is 18.2 Å². The van der Waals surface area contributed by atoms with E-state index in [-0.39, 0.29) is 5.70 Å².